The van der Waals surface area contributed by atoms with Crippen LogP contribution < -0.4 is 10.5 Å². The van der Waals surface area contributed by atoms with Crippen molar-refractivity contribution in [3.63, 3.8) is 0 Å². The van der Waals surface area contributed by atoms with Gasteiger partial charge in [-0.05, 0) is 30.3 Å². The number of carbonyl (C=O) groups is 1. The van der Waals surface area contributed by atoms with E-state index < -0.39 is 10.8 Å². The number of primary amides is 1. The Morgan fingerprint density at radius 3 is 2.61 bits per heavy atom. The Morgan fingerprint density at radius 2 is 1.96 bits per heavy atom. The molecule has 1 amide bonds. The van der Waals surface area contributed by atoms with E-state index in [0.717, 1.165) is 5.56 Å². The first kappa shape index (κ1) is 14.5. The topological polar surface area (TPSA) is 113 Å². The molecule has 0 bridgehead atoms. The zero-order valence-electron chi connectivity index (χ0n) is 11.9. The molecule has 0 aliphatic heterocycles. The number of rotatable bonds is 5. The Hall–Kier alpha value is -3.42. The Labute approximate surface area is 130 Å². The number of ether oxygens (including phenoxy) is 1. The van der Waals surface area contributed by atoms with Crippen molar-refractivity contribution in [1.82, 2.24) is 9.38 Å². The molecule has 2 aromatic heterocycles. The van der Waals surface area contributed by atoms with Gasteiger partial charge in [0.25, 0.3) is 11.6 Å². The molecule has 0 saturated heterocycles. The van der Waals surface area contributed by atoms with Crippen LogP contribution >= 0.6 is 0 Å². The average molecular weight is 312 g/mol. The van der Waals surface area contributed by atoms with Crippen LogP contribution in [0.3, 0.4) is 0 Å². The molecule has 0 aliphatic rings. The van der Waals surface area contributed by atoms with E-state index in [9.17, 15) is 14.9 Å². The highest BCUT2D eigenvalue weighted by molar-refractivity contribution is 5.75. The van der Waals surface area contributed by atoms with Gasteiger partial charge in [-0.1, -0.05) is 0 Å². The first-order chi connectivity index (χ1) is 11.0. The molecule has 0 saturated carbocycles. The molecule has 0 atom stereocenters. The monoisotopic (exact) mass is 312 g/mol. The van der Waals surface area contributed by atoms with E-state index in [-0.39, 0.29) is 12.3 Å². The number of fused-ring (bicyclic) bond motifs is 1. The van der Waals surface area contributed by atoms with Gasteiger partial charge in [0.1, 0.15) is 11.4 Å². The zero-order chi connectivity index (χ0) is 16.4. The average Bonchev–Trinajstić information content (AvgIpc) is 2.96. The largest absolute Gasteiger partial charge is 0.484 e. The van der Waals surface area contributed by atoms with Crippen LogP contribution in [-0.2, 0) is 4.79 Å². The quantitative estimate of drug-likeness (QED) is 0.570. The summed E-state index contributed by atoms with van der Waals surface area (Å²) in [5.74, 6) is -0.0250. The van der Waals surface area contributed by atoms with E-state index in [0.29, 0.717) is 17.1 Å². The lowest BCUT2D eigenvalue weighted by Crippen LogP contribution is -2.19. The van der Waals surface area contributed by atoms with Crippen molar-refractivity contribution in [2.45, 2.75) is 0 Å². The van der Waals surface area contributed by atoms with E-state index in [1.54, 1.807) is 40.9 Å². The Morgan fingerprint density at radius 1 is 1.22 bits per heavy atom. The van der Waals surface area contributed by atoms with Crippen LogP contribution in [0.25, 0.3) is 16.9 Å². The minimum absolute atomic E-state index is 0.00310. The lowest BCUT2D eigenvalue weighted by atomic mass is 10.2. The minimum Gasteiger partial charge on any atom is -0.484 e. The number of imidazole rings is 1. The predicted molar refractivity (Wildman–Crippen MR) is 82.0 cm³/mol. The molecule has 3 rings (SSSR count). The Balaban J connectivity index is 1.87. The maximum atomic E-state index is 10.8. The summed E-state index contributed by atoms with van der Waals surface area (Å²) in [6.07, 6.45) is 3.12. The highest BCUT2D eigenvalue weighted by Crippen LogP contribution is 2.23. The maximum absolute atomic E-state index is 10.8. The molecule has 116 valence electrons. The molecule has 0 radical (unpaired) electrons. The van der Waals surface area contributed by atoms with E-state index in [2.05, 4.69) is 4.98 Å². The smallest absolute Gasteiger partial charge is 0.286 e. The van der Waals surface area contributed by atoms with Gasteiger partial charge in [-0.15, -0.1) is 0 Å². The zero-order valence-corrected chi connectivity index (χ0v) is 11.9. The summed E-state index contributed by atoms with van der Waals surface area (Å²) >= 11 is 0. The number of nitro groups is 1. The summed E-state index contributed by atoms with van der Waals surface area (Å²) in [5, 5.41) is 10.8. The highest BCUT2D eigenvalue weighted by Gasteiger charge is 2.09. The lowest BCUT2D eigenvalue weighted by Gasteiger charge is -2.03. The summed E-state index contributed by atoms with van der Waals surface area (Å²) in [6, 6.07) is 9.97. The van der Waals surface area contributed by atoms with Gasteiger partial charge < -0.3 is 10.5 Å². The van der Waals surface area contributed by atoms with Crippen LogP contribution in [0.15, 0.2) is 48.8 Å². The fourth-order valence-electron chi connectivity index (χ4n) is 2.10. The van der Waals surface area contributed by atoms with Crippen LogP contribution in [0.2, 0.25) is 0 Å². The third-order valence-corrected chi connectivity index (χ3v) is 3.18. The van der Waals surface area contributed by atoms with Gasteiger partial charge in [-0.3, -0.25) is 19.3 Å². The third kappa shape index (κ3) is 3.10. The van der Waals surface area contributed by atoms with E-state index in [1.165, 1.54) is 12.3 Å². The molecule has 8 nitrogen and oxygen atoms in total. The molecule has 0 spiro atoms. The summed E-state index contributed by atoms with van der Waals surface area (Å²) in [7, 11) is 0. The van der Waals surface area contributed by atoms with Crippen molar-refractivity contribution in [3.05, 3.63) is 58.9 Å². The van der Waals surface area contributed by atoms with Crippen LogP contribution in [0, 0.1) is 10.1 Å². The fourth-order valence-corrected chi connectivity index (χ4v) is 2.10. The van der Waals surface area contributed by atoms with Crippen molar-refractivity contribution in [2.75, 3.05) is 6.61 Å². The van der Waals surface area contributed by atoms with Crippen LogP contribution in [-0.4, -0.2) is 26.8 Å². The third-order valence-electron chi connectivity index (χ3n) is 3.18. The van der Waals surface area contributed by atoms with Crippen molar-refractivity contribution in [1.29, 1.82) is 0 Å². The SMILES string of the molecule is NC(=O)COc1ccc(-c2cn3cc([N+](=O)[O-])ccc3n2)cc1. The van der Waals surface area contributed by atoms with Crippen molar-refractivity contribution in [3.8, 4) is 17.0 Å². The second-order valence-corrected chi connectivity index (χ2v) is 4.82. The van der Waals surface area contributed by atoms with Gasteiger partial charge in [0.2, 0.25) is 0 Å². The number of aromatic nitrogens is 2. The number of hydrogen-bond acceptors (Lipinski definition) is 5. The van der Waals surface area contributed by atoms with Gasteiger partial charge in [-0.25, -0.2) is 4.98 Å². The van der Waals surface area contributed by atoms with E-state index in [1.807, 2.05) is 0 Å². The number of hydrogen-bond donors (Lipinski definition) is 1. The molecule has 0 aliphatic carbocycles. The number of benzene rings is 1. The fraction of sp³-hybridized carbons (Fsp3) is 0.0667. The summed E-state index contributed by atoms with van der Waals surface area (Å²) in [6.45, 7) is -0.183. The van der Waals surface area contributed by atoms with Gasteiger partial charge in [0.15, 0.2) is 6.61 Å². The lowest BCUT2D eigenvalue weighted by molar-refractivity contribution is -0.385. The molecular weight excluding hydrogens is 300 g/mol. The molecule has 0 unspecified atom stereocenters. The summed E-state index contributed by atoms with van der Waals surface area (Å²) in [5.41, 5.74) is 7.12. The van der Waals surface area contributed by atoms with Crippen LogP contribution in [0.1, 0.15) is 0 Å². The number of pyridine rings is 1. The van der Waals surface area contributed by atoms with Gasteiger partial charge in [-0.2, -0.15) is 0 Å². The summed E-state index contributed by atoms with van der Waals surface area (Å²) < 4.78 is 6.79. The number of nitrogens with zero attached hydrogens (tertiary/aromatic N) is 3. The molecule has 1 aromatic carbocycles. The minimum atomic E-state index is -0.545. The molecule has 3 aromatic rings. The second kappa shape index (κ2) is 5.76. The van der Waals surface area contributed by atoms with E-state index in [4.69, 9.17) is 10.5 Å². The predicted octanol–water partition coefficient (Wildman–Crippen LogP) is 1.77. The number of amides is 1. The molecule has 0 fully saturated rings. The van der Waals surface area contributed by atoms with Crippen molar-refractivity contribution < 1.29 is 14.5 Å². The molecule has 23 heavy (non-hydrogen) atoms. The first-order valence-corrected chi connectivity index (χ1v) is 6.67. The Kier molecular flexibility index (Phi) is 3.63. The molecule has 2 N–H and O–H groups in total. The first-order valence-electron chi connectivity index (χ1n) is 6.67. The maximum Gasteiger partial charge on any atom is 0.286 e. The second-order valence-electron chi connectivity index (χ2n) is 4.82. The van der Waals surface area contributed by atoms with Crippen molar-refractivity contribution >= 4 is 17.2 Å². The number of nitrogens with two attached hydrogens (primary N) is 1. The normalized spacial score (nSPS) is 10.6. The van der Waals surface area contributed by atoms with Crippen LogP contribution in [0.5, 0.6) is 5.75 Å². The standard InChI is InChI=1S/C15H12N4O4/c16-14(20)9-23-12-4-1-10(2-5-12)13-8-18-7-11(19(21)22)3-6-15(18)17-13/h1-8H,9H2,(H2,16,20). The van der Waals surface area contributed by atoms with Crippen molar-refractivity contribution in [2.24, 2.45) is 5.73 Å². The van der Waals surface area contributed by atoms with E-state index >= 15 is 0 Å². The summed E-state index contributed by atoms with van der Waals surface area (Å²) in [4.78, 5) is 25.4. The van der Waals surface area contributed by atoms with Gasteiger partial charge >= 0.3 is 0 Å². The number of carbonyl (C=O) groups excluding carboxylic acids is 1. The highest BCUT2D eigenvalue weighted by atomic mass is 16.6. The molecule has 8 heteroatoms. The van der Waals surface area contributed by atoms with Gasteiger partial charge in [0.05, 0.1) is 16.8 Å². The molecule has 2 heterocycles. The molecular formula is C15H12N4O4. The van der Waals surface area contributed by atoms with Crippen LogP contribution in [0.4, 0.5) is 5.69 Å². The van der Waals surface area contributed by atoms with Gasteiger partial charge in [0, 0.05) is 17.8 Å². The Bertz CT molecular complexity index is 886.